The van der Waals surface area contributed by atoms with Gasteiger partial charge in [0.15, 0.2) is 0 Å². The number of nitrogens with one attached hydrogen (secondary N) is 2. The van der Waals surface area contributed by atoms with Gasteiger partial charge in [0.05, 0.1) is 6.54 Å². The van der Waals surface area contributed by atoms with Gasteiger partial charge >= 0.3 is 6.03 Å². The van der Waals surface area contributed by atoms with E-state index in [4.69, 9.17) is 4.42 Å². The van der Waals surface area contributed by atoms with Gasteiger partial charge in [-0.3, -0.25) is 0 Å². The molecule has 0 saturated carbocycles. The van der Waals surface area contributed by atoms with Crippen LogP contribution >= 0.6 is 0 Å². The van der Waals surface area contributed by atoms with Crippen LogP contribution in [0.25, 0.3) is 0 Å². The molecule has 0 radical (unpaired) electrons. The first-order valence-electron chi connectivity index (χ1n) is 5.54. The molecule has 1 aliphatic heterocycles. The van der Waals surface area contributed by atoms with Crippen LogP contribution in [0.1, 0.15) is 11.5 Å². The first kappa shape index (κ1) is 11.0. The summed E-state index contributed by atoms with van der Waals surface area (Å²) in [5, 5.41) is 6.05. The fourth-order valence-corrected chi connectivity index (χ4v) is 1.72. The lowest BCUT2D eigenvalue weighted by Crippen LogP contribution is -2.50. The van der Waals surface area contributed by atoms with E-state index in [9.17, 15) is 4.79 Å². The molecule has 0 unspecified atom stereocenters. The Hall–Kier alpha value is -1.49. The van der Waals surface area contributed by atoms with E-state index in [1.165, 1.54) is 0 Å². The first-order valence-corrected chi connectivity index (χ1v) is 5.54. The van der Waals surface area contributed by atoms with Gasteiger partial charge in [0.1, 0.15) is 11.5 Å². The summed E-state index contributed by atoms with van der Waals surface area (Å²) >= 11 is 0. The van der Waals surface area contributed by atoms with E-state index in [0.717, 1.165) is 37.7 Å². The van der Waals surface area contributed by atoms with Crippen molar-refractivity contribution in [2.24, 2.45) is 0 Å². The van der Waals surface area contributed by atoms with Crippen molar-refractivity contribution in [1.82, 2.24) is 15.5 Å². The van der Waals surface area contributed by atoms with Crippen molar-refractivity contribution in [3.8, 4) is 0 Å². The van der Waals surface area contributed by atoms with Crippen molar-refractivity contribution in [3.05, 3.63) is 23.7 Å². The minimum Gasteiger partial charge on any atom is -0.465 e. The monoisotopic (exact) mass is 223 g/mol. The fourth-order valence-electron chi connectivity index (χ4n) is 1.72. The second-order valence-corrected chi connectivity index (χ2v) is 3.91. The maximum absolute atomic E-state index is 11.7. The molecule has 0 bridgehead atoms. The second kappa shape index (κ2) is 5.03. The highest BCUT2D eigenvalue weighted by Crippen LogP contribution is 2.05. The number of amides is 2. The van der Waals surface area contributed by atoms with E-state index in [-0.39, 0.29) is 6.03 Å². The summed E-state index contributed by atoms with van der Waals surface area (Å²) in [6.45, 7) is 5.62. The minimum atomic E-state index is -0.0180. The second-order valence-electron chi connectivity index (χ2n) is 3.91. The predicted molar refractivity (Wildman–Crippen MR) is 60.1 cm³/mol. The van der Waals surface area contributed by atoms with Crippen molar-refractivity contribution in [3.63, 3.8) is 0 Å². The van der Waals surface area contributed by atoms with E-state index in [2.05, 4.69) is 10.6 Å². The number of carbonyl (C=O) groups is 1. The van der Waals surface area contributed by atoms with Crippen LogP contribution in [0.15, 0.2) is 16.5 Å². The van der Waals surface area contributed by atoms with Gasteiger partial charge < -0.3 is 20.0 Å². The standard InChI is InChI=1S/C11H17N3O2/c1-9-2-3-10(16-9)8-13-11(15)14-6-4-12-5-7-14/h2-3,12H,4-8H2,1H3,(H,13,15). The number of piperazine rings is 1. The minimum absolute atomic E-state index is 0.0180. The third kappa shape index (κ3) is 2.76. The van der Waals surface area contributed by atoms with Crippen molar-refractivity contribution < 1.29 is 9.21 Å². The summed E-state index contributed by atoms with van der Waals surface area (Å²) in [4.78, 5) is 13.5. The van der Waals surface area contributed by atoms with Crippen LogP contribution in [0, 0.1) is 6.92 Å². The highest BCUT2D eigenvalue weighted by molar-refractivity contribution is 5.74. The van der Waals surface area contributed by atoms with Crippen LogP contribution in [0.5, 0.6) is 0 Å². The Morgan fingerprint density at radius 2 is 2.25 bits per heavy atom. The zero-order chi connectivity index (χ0) is 11.4. The Kier molecular flexibility index (Phi) is 3.46. The summed E-state index contributed by atoms with van der Waals surface area (Å²) in [6.07, 6.45) is 0. The van der Waals surface area contributed by atoms with E-state index in [1.54, 1.807) is 0 Å². The summed E-state index contributed by atoms with van der Waals surface area (Å²) in [5.41, 5.74) is 0. The molecule has 1 aliphatic rings. The van der Waals surface area contributed by atoms with Crippen LogP contribution in [0.3, 0.4) is 0 Å². The number of nitrogens with zero attached hydrogens (tertiary/aromatic N) is 1. The average Bonchev–Trinajstić information content (AvgIpc) is 2.73. The molecule has 1 aromatic heterocycles. The number of carbonyl (C=O) groups excluding carboxylic acids is 1. The topological polar surface area (TPSA) is 57.5 Å². The van der Waals surface area contributed by atoms with E-state index in [1.807, 2.05) is 24.0 Å². The molecule has 0 aromatic carbocycles. The molecule has 1 saturated heterocycles. The fraction of sp³-hybridized carbons (Fsp3) is 0.545. The molecule has 0 spiro atoms. The van der Waals surface area contributed by atoms with Gasteiger partial charge in [0, 0.05) is 26.2 Å². The molecule has 5 heteroatoms. The van der Waals surface area contributed by atoms with E-state index in [0.29, 0.717) is 6.54 Å². The van der Waals surface area contributed by atoms with Crippen LogP contribution < -0.4 is 10.6 Å². The Balaban J connectivity index is 1.78. The van der Waals surface area contributed by atoms with Crippen LogP contribution in [0.2, 0.25) is 0 Å². The predicted octanol–water partition coefficient (Wildman–Crippen LogP) is 0.703. The van der Waals surface area contributed by atoms with E-state index < -0.39 is 0 Å². The smallest absolute Gasteiger partial charge is 0.317 e. The molecule has 0 atom stereocenters. The number of furan rings is 1. The molecule has 2 heterocycles. The molecule has 1 aromatic rings. The van der Waals surface area contributed by atoms with Gasteiger partial charge in [-0.1, -0.05) is 0 Å². The molecule has 16 heavy (non-hydrogen) atoms. The number of hydrogen-bond acceptors (Lipinski definition) is 3. The third-order valence-corrected chi connectivity index (χ3v) is 2.61. The quantitative estimate of drug-likeness (QED) is 0.776. The zero-order valence-corrected chi connectivity index (χ0v) is 9.45. The van der Waals surface area contributed by atoms with Crippen LogP contribution in [0.4, 0.5) is 4.79 Å². The van der Waals surface area contributed by atoms with Crippen LogP contribution in [-0.2, 0) is 6.54 Å². The maximum Gasteiger partial charge on any atom is 0.317 e. The normalized spacial score (nSPS) is 16.2. The molecule has 88 valence electrons. The highest BCUT2D eigenvalue weighted by atomic mass is 16.3. The number of aryl methyl sites for hydroxylation is 1. The van der Waals surface area contributed by atoms with Crippen molar-refractivity contribution in [1.29, 1.82) is 0 Å². The molecule has 1 fully saturated rings. The van der Waals surface area contributed by atoms with Gasteiger partial charge in [-0.2, -0.15) is 0 Å². The van der Waals surface area contributed by atoms with Crippen molar-refractivity contribution in [2.75, 3.05) is 26.2 Å². The van der Waals surface area contributed by atoms with Gasteiger partial charge in [0.25, 0.3) is 0 Å². The zero-order valence-electron chi connectivity index (χ0n) is 9.45. The Morgan fingerprint density at radius 3 is 2.88 bits per heavy atom. The number of rotatable bonds is 2. The molecule has 0 aliphatic carbocycles. The van der Waals surface area contributed by atoms with E-state index >= 15 is 0 Å². The lowest BCUT2D eigenvalue weighted by atomic mass is 10.4. The molecular weight excluding hydrogens is 206 g/mol. The first-order chi connectivity index (χ1) is 7.75. The highest BCUT2D eigenvalue weighted by Gasteiger charge is 2.15. The summed E-state index contributed by atoms with van der Waals surface area (Å²) in [7, 11) is 0. The summed E-state index contributed by atoms with van der Waals surface area (Å²) in [6, 6.07) is 3.76. The summed E-state index contributed by atoms with van der Waals surface area (Å²) in [5.74, 6) is 1.66. The lowest BCUT2D eigenvalue weighted by molar-refractivity contribution is 0.189. The van der Waals surface area contributed by atoms with Gasteiger partial charge in [0.2, 0.25) is 0 Å². The third-order valence-electron chi connectivity index (χ3n) is 2.61. The van der Waals surface area contributed by atoms with Crippen molar-refractivity contribution >= 4 is 6.03 Å². The number of hydrogen-bond donors (Lipinski definition) is 2. The molecule has 2 rings (SSSR count). The maximum atomic E-state index is 11.7. The van der Waals surface area contributed by atoms with Crippen LogP contribution in [-0.4, -0.2) is 37.1 Å². The number of urea groups is 1. The lowest BCUT2D eigenvalue weighted by Gasteiger charge is -2.27. The average molecular weight is 223 g/mol. The Morgan fingerprint density at radius 1 is 1.50 bits per heavy atom. The summed E-state index contributed by atoms with van der Waals surface area (Å²) < 4.78 is 5.38. The van der Waals surface area contributed by atoms with Gasteiger partial charge in [-0.15, -0.1) is 0 Å². The molecule has 2 amide bonds. The molecule has 2 N–H and O–H groups in total. The van der Waals surface area contributed by atoms with Gasteiger partial charge in [-0.05, 0) is 19.1 Å². The SMILES string of the molecule is Cc1ccc(CNC(=O)N2CCNCC2)o1. The molecule has 5 nitrogen and oxygen atoms in total. The Labute approximate surface area is 94.8 Å². The molecular formula is C11H17N3O2. The largest absolute Gasteiger partial charge is 0.465 e. The Bertz CT molecular complexity index is 356. The van der Waals surface area contributed by atoms with Crippen molar-refractivity contribution in [2.45, 2.75) is 13.5 Å². The van der Waals surface area contributed by atoms with Gasteiger partial charge in [-0.25, -0.2) is 4.79 Å².